The summed E-state index contributed by atoms with van der Waals surface area (Å²) in [6, 6.07) is 1.13. The third-order valence-corrected chi connectivity index (χ3v) is 3.74. The van der Waals surface area contributed by atoms with E-state index >= 15 is 0 Å². The van der Waals surface area contributed by atoms with Gasteiger partial charge in [0.25, 0.3) is 0 Å². The van der Waals surface area contributed by atoms with Crippen molar-refractivity contribution in [2.75, 3.05) is 14.2 Å². The van der Waals surface area contributed by atoms with Gasteiger partial charge in [0.15, 0.2) is 6.29 Å². The van der Waals surface area contributed by atoms with Crippen LogP contribution in [0, 0.1) is 0 Å². The number of nitrogens with zero attached hydrogens (tertiary/aromatic N) is 2. The Labute approximate surface area is 108 Å². The predicted octanol–water partition coefficient (Wildman–Crippen LogP) is 1.57. The van der Waals surface area contributed by atoms with Crippen molar-refractivity contribution < 1.29 is 9.47 Å². The summed E-state index contributed by atoms with van der Waals surface area (Å²) in [5.41, 5.74) is 0. The molecule has 1 N–H and O–H groups in total. The molecule has 102 valence electrons. The highest BCUT2D eigenvalue weighted by molar-refractivity contribution is 4.93. The molecule has 3 atom stereocenters. The van der Waals surface area contributed by atoms with E-state index in [1.807, 2.05) is 18.7 Å². The minimum absolute atomic E-state index is 0.175. The van der Waals surface area contributed by atoms with Gasteiger partial charge in [0.05, 0.1) is 12.4 Å². The van der Waals surface area contributed by atoms with Gasteiger partial charge < -0.3 is 19.4 Å². The molecule has 1 saturated carbocycles. The molecular weight excluding hydrogens is 230 g/mol. The van der Waals surface area contributed by atoms with Gasteiger partial charge in [0.2, 0.25) is 0 Å². The highest BCUT2D eigenvalue weighted by Crippen LogP contribution is 2.30. The molecule has 0 bridgehead atoms. The number of methoxy groups -OCH3 is 2. The van der Waals surface area contributed by atoms with Crippen LogP contribution in [0.25, 0.3) is 0 Å². The molecule has 0 aliphatic heterocycles. The Bertz CT molecular complexity index is 338. The Hall–Kier alpha value is -0.910. The van der Waals surface area contributed by atoms with Crippen LogP contribution in [0.4, 0.5) is 0 Å². The van der Waals surface area contributed by atoms with Crippen molar-refractivity contribution in [1.29, 1.82) is 0 Å². The fraction of sp³-hybridized carbons (Fsp3) is 0.769. The zero-order valence-electron chi connectivity index (χ0n) is 11.4. The number of ether oxygens (including phenoxy) is 2. The maximum atomic E-state index is 5.29. The smallest absolute Gasteiger partial charge is 0.171 e. The summed E-state index contributed by atoms with van der Waals surface area (Å²) in [4.78, 5) is 4.13. The number of nitrogens with one attached hydrogen (secondary N) is 1. The molecule has 0 amide bonds. The average Bonchev–Trinajstić information content (AvgIpc) is 3.00. The molecule has 5 nitrogen and oxygen atoms in total. The Morgan fingerprint density at radius 3 is 2.72 bits per heavy atom. The third-order valence-electron chi connectivity index (χ3n) is 3.74. The van der Waals surface area contributed by atoms with Gasteiger partial charge in [0, 0.05) is 38.7 Å². The zero-order valence-corrected chi connectivity index (χ0v) is 11.4. The van der Waals surface area contributed by atoms with Crippen LogP contribution in [-0.2, 0) is 9.47 Å². The van der Waals surface area contributed by atoms with E-state index in [4.69, 9.17) is 9.47 Å². The van der Waals surface area contributed by atoms with Crippen molar-refractivity contribution >= 4 is 0 Å². The molecule has 18 heavy (non-hydrogen) atoms. The van der Waals surface area contributed by atoms with Crippen LogP contribution in [0.15, 0.2) is 18.7 Å². The summed E-state index contributed by atoms with van der Waals surface area (Å²) in [6.07, 6.45) is 9.22. The lowest BCUT2D eigenvalue weighted by Crippen LogP contribution is -2.46. The lowest BCUT2D eigenvalue weighted by atomic mass is 10.1. The van der Waals surface area contributed by atoms with E-state index in [-0.39, 0.29) is 12.3 Å². The molecule has 1 fully saturated rings. The minimum atomic E-state index is -0.200. The molecule has 0 radical (unpaired) electrons. The van der Waals surface area contributed by atoms with Gasteiger partial charge in [-0.1, -0.05) is 0 Å². The van der Waals surface area contributed by atoms with E-state index in [1.165, 1.54) is 19.3 Å². The van der Waals surface area contributed by atoms with Crippen LogP contribution in [-0.4, -0.2) is 42.1 Å². The Balaban J connectivity index is 1.96. The van der Waals surface area contributed by atoms with Gasteiger partial charge in [-0.3, -0.25) is 0 Å². The van der Waals surface area contributed by atoms with E-state index in [2.05, 4.69) is 21.8 Å². The van der Waals surface area contributed by atoms with Crippen LogP contribution in [0.5, 0.6) is 0 Å². The number of hydrogen-bond acceptors (Lipinski definition) is 4. The largest absolute Gasteiger partial charge is 0.354 e. The van der Waals surface area contributed by atoms with Crippen molar-refractivity contribution in [3.8, 4) is 0 Å². The molecule has 0 aromatic carbocycles. The molecule has 5 heteroatoms. The van der Waals surface area contributed by atoms with Crippen LogP contribution in [0.3, 0.4) is 0 Å². The van der Waals surface area contributed by atoms with Crippen molar-refractivity contribution in [1.82, 2.24) is 14.9 Å². The fourth-order valence-electron chi connectivity index (χ4n) is 2.88. The van der Waals surface area contributed by atoms with E-state index in [0.717, 1.165) is 0 Å². The Kier molecular flexibility index (Phi) is 4.74. The van der Waals surface area contributed by atoms with Crippen LogP contribution >= 0.6 is 0 Å². The normalized spacial score (nSPS) is 25.8. The first-order valence-electron chi connectivity index (χ1n) is 6.55. The number of aromatic nitrogens is 2. The fourth-order valence-corrected chi connectivity index (χ4v) is 2.88. The maximum Gasteiger partial charge on any atom is 0.171 e. The molecular formula is C13H23N3O2. The molecule has 0 saturated heterocycles. The monoisotopic (exact) mass is 253 g/mol. The predicted molar refractivity (Wildman–Crippen MR) is 69.3 cm³/mol. The third kappa shape index (κ3) is 2.91. The quantitative estimate of drug-likeness (QED) is 0.782. The molecule has 1 aromatic rings. The summed E-state index contributed by atoms with van der Waals surface area (Å²) in [5, 5.41) is 3.62. The van der Waals surface area contributed by atoms with Crippen molar-refractivity contribution in [3.63, 3.8) is 0 Å². The van der Waals surface area contributed by atoms with Gasteiger partial charge >= 0.3 is 0 Å². The first-order valence-corrected chi connectivity index (χ1v) is 6.55. The topological polar surface area (TPSA) is 48.3 Å². The summed E-state index contributed by atoms with van der Waals surface area (Å²) in [6.45, 7) is 2.10. The van der Waals surface area contributed by atoms with Gasteiger partial charge in [-0.2, -0.15) is 0 Å². The highest BCUT2D eigenvalue weighted by Gasteiger charge is 2.30. The summed E-state index contributed by atoms with van der Waals surface area (Å²) in [5.74, 6) is 0. The van der Waals surface area contributed by atoms with Crippen LogP contribution in [0.2, 0.25) is 0 Å². The second-order valence-electron chi connectivity index (χ2n) is 4.91. The van der Waals surface area contributed by atoms with Crippen LogP contribution < -0.4 is 5.32 Å². The SMILES string of the molecule is COC(OC)C(C)NC1CCCC1n1ccnc1. The number of imidazole rings is 1. The first-order chi connectivity index (χ1) is 8.76. The van der Waals surface area contributed by atoms with Gasteiger partial charge in [-0.15, -0.1) is 0 Å². The lowest BCUT2D eigenvalue weighted by molar-refractivity contribution is -0.121. The molecule has 1 heterocycles. The highest BCUT2D eigenvalue weighted by atomic mass is 16.7. The second-order valence-corrected chi connectivity index (χ2v) is 4.91. The minimum Gasteiger partial charge on any atom is -0.354 e. The summed E-state index contributed by atoms with van der Waals surface area (Å²) < 4.78 is 12.8. The van der Waals surface area contributed by atoms with Crippen molar-refractivity contribution in [3.05, 3.63) is 18.7 Å². The maximum absolute atomic E-state index is 5.29. The molecule has 1 aliphatic carbocycles. The molecule has 1 aliphatic rings. The van der Waals surface area contributed by atoms with E-state index < -0.39 is 0 Å². The first kappa shape index (κ1) is 13.5. The van der Waals surface area contributed by atoms with Gasteiger partial charge in [-0.25, -0.2) is 4.98 Å². The molecule has 1 aromatic heterocycles. The average molecular weight is 253 g/mol. The van der Waals surface area contributed by atoms with Crippen molar-refractivity contribution in [2.24, 2.45) is 0 Å². The lowest BCUT2D eigenvalue weighted by Gasteiger charge is -2.29. The standard InChI is InChI=1S/C13H23N3O2/c1-10(13(17-2)18-3)15-11-5-4-6-12(11)16-8-7-14-9-16/h7-13,15H,4-6H2,1-3H3. The van der Waals surface area contributed by atoms with E-state index in [9.17, 15) is 0 Å². The van der Waals surface area contributed by atoms with E-state index in [1.54, 1.807) is 14.2 Å². The van der Waals surface area contributed by atoms with Gasteiger partial charge in [-0.05, 0) is 26.2 Å². The van der Waals surface area contributed by atoms with Crippen molar-refractivity contribution in [2.45, 2.75) is 50.6 Å². The molecule has 3 unspecified atom stereocenters. The number of rotatable bonds is 6. The summed E-state index contributed by atoms with van der Waals surface area (Å²) >= 11 is 0. The van der Waals surface area contributed by atoms with Crippen LogP contribution in [0.1, 0.15) is 32.2 Å². The van der Waals surface area contributed by atoms with E-state index in [0.29, 0.717) is 12.1 Å². The Morgan fingerprint density at radius 2 is 2.11 bits per heavy atom. The zero-order chi connectivity index (χ0) is 13.0. The molecule has 2 rings (SSSR count). The molecule has 0 spiro atoms. The van der Waals surface area contributed by atoms with Gasteiger partial charge in [0.1, 0.15) is 0 Å². The number of hydrogen-bond donors (Lipinski definition) is 1. The second kappa shape index (κ2) is 6.31. The summed E-state index contributed by atoms with van der Waals surface area (Å²) in [7, 11) is 3.35. The Morgan fingerprint density at radius 1 is 1.33 bits per heavy atom.